The molecule has 3 aromatic rings. The fourth-order valence-corrected chi connectivity index (χ4v) is 4.62. The van der Waals surface area contributed by atoms with Crippen LogP contribution in [0.3, 0.4) is 0 Å². The number of urea groups is 1. The van der Waals surface area contributed by atoms with Crippen molar-refractivity contribution < 1.29 is 27.4 Å². The Hall–Kier alpha value is -3.15. The first-order chi connectivity index (χ1) is 17.3. The molecule has 7 nitrogen and oxygen atoms in total. The van der Waals surface area contributed by atoms with E-state index < -0.39 is 6.36 Å². The van der Waals surface area contributed by atoms with Crippen LogP contribution in [0.15, 0.2) is 60.1 Å². The normalized spacial score (nSPS) is 15.3. The molecule has 1 saturated heterocycles. The molecule has 1 N–H and O–H groups in total. The zero-order valence-electron chi connectivity index (χ0n) is 19.7. The van der Waals surface area contributed by atoms with E-state index in [-0.39, 0.29) is 17.8 Å². The average molecular weight is 521 g/mol. The smallest absolute Gasteiger partial charge is 0.406 e. The number of halogens is 3. The molecule has 0 radical (unpaired) electrons. The van der Waals surface area contributed by atoms with Gasteiger partial charge < -0.3 is 19.7 Å². The van der Waals surface area contributed by atoms with Crippen LogP contribution in [0.1, 0.15) is 12.5 Å². The molecule has 1 atom stereocenters. The summed E-state index contributed by atoms with van der Waals surface area (Å²) in [5, 5.41) is 5.62. The first-order valence-corrected chi connectivity index (χ1v) is 12.4. The minimum atomic E-state index is -4.77. The zero-order chi connectivity index (χ0) is 25.5. The lowest BCUT2D eigenvalue weighted by molar-refractivity contribution is -0.274. The van der Waals surface area contributed by atoms with E-state index in [2.05, 4.69) is 19.9 Å². The number of aromatic nitrogens is 1. The number of anilines is 1. The molecule has 0 bridgehead atoms. The molecule has 0 spiro atoms. The van der Waals surface area contributed by atoms with E-state index in [0.717, 1.165) is 29.2 Å². The van der Waals surface area contributed by atoms with Crippen molar-refractivity contribution in [3.05, 3.63) is 65.7 Å². The van der Waals surface area contributed by atoms with E-state index in [9.17, 15) is 18.0 Å². The Labute approximate surface area is 211 Å². The fourth-order valence-electron chi connectivity index (χ4n) is 3.98. The van der Waals surface area contributed by atoms with Gasteiger partial charge in [-0.05, 0) is 42.8 Å². The van der Waals surface area contributed by atoms with E-state index in [0.29, 0.717) is 32.0 Å². The number of morpholine rings is 1. The number of thiazole rings is 1. The number of ether oxygens (including phenoxy) is 2. The summed E-state index contributed by atoms with van der Waals surface area (Å²) >= 11 is 1.54. The number of hydrogen-bond donors (Lipinski definition) is 1. The second-order valence-corrected chi connectivity index (χ2v) is 9.32. The maximum Gasteiger partial charge on any atom is 0.573 e. The van der Waals surface area contributed by atoms with Crippen LogP contribution in [0.2, 0.25) is 0 Å². The number of amides is 2. The molecule has 1 aliphatic rings. The second kappa shape index (κ2) is 11.7. The molecule has 2 amide bonds. The van der Waals surface area contributed by atoms with E-state index >= 15 is 0 Å². The molecule has 36 heavy (non-hydrogen) atoms. The minimum absolute atomic E-state index is 0.139. The standard InChI is InChI=1S/C25H27F3N4O3S/c1-18(16-31-10-12-34-13-11-31)32(17-19-3-2-4-20(15-19)23-29-9-14-36-23)24(33)30-21-5-7-22(8-6-21)35-25(26,27)28/h2-9,14-15,18H,10-13,16-17H2,1H3,(H,30,33). The number of nitrogens with one attached hydrogen (secondary N) is 1. The van der Waals surface area contributed by atoms with Gasteiger partial charge in [0, 0.05) is 55.0 Å². The highest BCUT2D eigenvalue weighted by Crippen LogP contribution is 2.26. The number of carbonyl (C=O) groups excluding carboxylic acids is 1. The molecule has 1 aliphatic heterocycles. The lowest BCUT2D eigenvalue weighted by atomic mass is 10.1. The van der Waals surface area contributed by atoms with Crippen LogP contribution in [-0.2, 0) is 11.3 Å². The van der Waals surface area contributed by atoms with E-state index in [1.807, 2.05) is 36.6 Å². The van der Waals surface area contributed by atoms with Gasteiger partial charge in [0.15, 0.2) is 0 Å². The van der Waals surface area contributed by atoms with Crippen molar-refractivity contribution in [1.82, 2.24) is 14.8 Å². The van der Waals surface area contributed by atoms with Crippen molar-refractivity contribution in [1.29, 1.82) is 0 Å². The summed E-state index contributed by atoms with van der Waals surface area (Å²) in [7, 11) is 0. The number of alkyl halides is 3. The van der Waals surface area contributed by atoms with Gasteiger partial charge in [-0.2, -0.15) is 0 Å². The van der Waals surface area contributed by atoms with Gasteiger partial charge in [0.05, 0.1) is 13.2 Å². The summed E-state index contributed by atoms with van der Waals surface area (Å²) in [6, 6.07) is 12.5. The van der Waals surface area contributed by atoms with Gasteiger partial charge >= 0.3 is 12.4 Å². The van der Waals surface area contributed by atoms with Gasteiger partial charge in [-0.25, -0.2) is 9.78 Å². The SMILES string of the molecule is CC(CN1CCOCC1)N(Cc1cccc(-c2nccs2)c1)C(=O)Nc1ccc(OC(F)(F)F)cc1. The highest BCUT2D eigenvalue weighted by atomic mass is 32.1. The molecule has 2 heterocycles. The number of carbonyl (C=O) groups is 1. The molecule has 1 aromatic heterocycles. The molecule has 4 rings (SSSR count). The fraction of sp³-hybridized carbons (Fsp3) is 0.360. The van der Waals surface area contributed by atoms with Crippen LogP contribution in [0, 0.1) is 0 Å². The zero-order valence-corrected chi connectivity index (χ0v) is 20.5. The molecule has 192 valence electrons. The number of hydrogen-bond acceptors (Lipinski definition) is 6. The van der Waals surface area contributed by atoms with Crippen LogP contribution < -0.4 is 10.1 Å². The Morgan fingerprint density at radius 2 is 1.97 bits per heavy atom. The highest BCUT2D eigenvalue weighted by Gasteiger charge is 2.31. The molecule has 1 fully saturated rings. The van der Waals surface area contributed by atoms with Gasteiger partial charge in [-0.3, -0.25) is 4.90 Å². The third kappa shape index (κ3) is 7.42. The lowest BCUT2D eigenvalue weighted by Gasteiger charge is -2.35. The summed E-state index contributed by atoms with van der Waals surface area (Å²) in [5.41, 5.74) is 2.29. The molecule has 0 aliphatic carbocycles. The van der Waals surface area contributed by atoms with Gasteiger partial charge in [0.1, 0.15) is 10.8 Å². The van der Waals surface area contributed by atoms with Gasteiger partial charge in [-0.1, -0.05) is 18.2 Å². The molecular formula is C25H27F3N4O3S. The van der Waals surface area contributed by atoms with Crippen LogP contribution in [0.4, 0.5) is 23.7 Å². The van der Waals surface area contributed by atoms with Crippen molar-refractivity contribution in [3.63, 3.8) is 0 Å². The van der Waals surface area contributed by atoms with Crippen molar-refractivity contribution in [2.75, 3.05) is 38.2 Å². The Balaban J connectivity index is 1.50. The highest BCUT2D eigenvalue weighted by molar-refractivity contribution is 7.13. The predicted molar refractivity (Wildman–Crippen MR) is 132 cm³/mol. The maximum atomic E-state index is 13.4. The lowest BCUT2D eigenvalue weighted by Crippen LogP contribution is -2.49. The number of benzene rings is 2. The third-order valence-corrected chi connectivity index (χ3v) is 6.54. The summed E-state index contributed by atoms with van der Waals surface area (Å²) < 4.78 is 46.7. The van der Waals surface area contributed by atoms with Crippen LogP contribution in [-0.4, -0.2) is 66.1 Å². The first kappa shape index (κ1) is 25.9. The van der Waals surface area contributed by atoms with Crippen molar-refractivity contribution >= 4 is 23.1 Å². The topological polar surface area (TPSA) is 66.9 Å². The number of nitrogens with zero attached hydrogens (tertiary/aromatic N) is 3. The van der Waals surface area contributed by atoms with Crippen molar-refractivity contribution in [2.24, 2.45) is 0 Å². The first-order valence-electron chi connectivity index (χ1n) is 11.5. The Morgan fingerprint density at radius 1 is 1.22 bits per heavy atom. The Bertz CT molecular complexity index is 1120. The molecule has 1 unspecified atom stereocenters. The summed E-state index contributed by atoms with van der Waals surface area (Å²) in [6.45, 7) is 5.90. The molecule has 11 heteroatoms. The minimum Gasteiger partial charge on any atom is -0.406 e. The third-order valence-electron chi connectivity index (χ3n) is 5.72. The van der Waals surface area contributed by atoms with Crippen LogP contribution >= 0.6 is 11.3 Å². The molecule has 0 saturated carbocycles. The van der Waals surface area contributed by atoms with E-state index in [1.54, 1.807) is 22.4 Å². The van der Waals surface area contributed by atoms with E-state index in [1.165, 1.54) is 24.3 Å². The van der Waals surface area contributed by atoms with Gasteiger partial charge in [-0.15, -0.1) is 24.5 Å². The quantitative estimate of drug-likeness (QED) is 0.427. The molecule has 2 aromatic carbocycles. The average Bonchev–Trinajstić information content (AvgIpc) is 3.39. The van der Waals surface area contributed by atoms with Crippen molar-refractivity contribution in [3.8, 4) is 16.3 Å². The summed E-state index contributed by atoms with van der Waals surface area (Å²) in [6.07, 6.45) is -3.02. The molecular weight excluding hydrogens is 493 g/mol. The number of rotatable bonds is 8. The largest absolute Gasteiger partial charge is 0.573 e. The second-order valence-electron chi connectivity index (χ2n) is 8.43. The van der Waals surface area contributed by atoms with Crippen molar-refractivity contribution in [2.45, 2.75) is 25.9 Å². The van der Waals surface area contributed by atoms with E-state index in [4.69, 9.17) is 4.74 Å². The van der Waals surface area contributed by atoms with Gasteiger partial charge in [0.25, 0.3) is 0 Å². The van der Waals surface area contributed by atoms with Crippen LogP contribution in [0.25, 0.3) is 10.6 Å². The monoisotopic (exact) mass is 520 g/mol. The Morgan fingerprint density at radius 3 is 2.64 bits per heavy atom. The predicted octanol–water partition coefficient (Wildman–Crippen LogP) is 5.46. The summed E-state index contributed by atoms with van der Waals surface area (Å²) in [5.74, 6) is -0.350. The Kier molecular flexibility index (Phi) is 8.44. The van der Waals surface area contributed by atoms with Crippen LogP contribution in [0.5, 0.6) is 5.75 Å². The summed E-state index contributed by atoms with van der Waals surface area (Å²) in [4.78, 5) is 21.7. The maximum absolute atomic E-state index is 13.4. The van der Waals surface area contributed by atoms with Gasteiger partial charge in [0.2, 0.25) is 0 Å².